The van der Waals surface area contributed by atoms with E-state index in [1.165, 1.54) is 6.07 Å². The van der Waals surface area contributed by atoms with E-state index in [0.717, 1.165) is 16.5 Å². The van der Waals surface area contributed by atoms with Gasteiger partial charge in [-0.3, -0.25) is 4.79 Å². The van der Waals surface area contributed by atoms with Crippen molar-refractivity contribution in [1.29, 1.82) is 0 Å². The summed E-state index contributed by atoms with van der Waals surface area (Å²) in [6, 6.07) is 7.06. The Bertz CT molecular complexity index is 793. The van der Waals surface area contributed by atoms with Gasteiger partial charge in [-0.15, -0.1) is 0 Å². The maximum atomic E-state index is 11.8. The summed E-state index contributed by atoms with van der Waals surface area (Å²) in [7, 11) is 0. The maximum absolute atomic E-state index is 11.8. The molecule has 7 heteroatoms. The number of amides is 1. The molecule has 6 nitrogen and oxygen atoms in total. The first-order valence-corrected chi connectivity index (χ1v) is 6.77. The molecule has 0 unspecified atom stereocenters. The Morgan fingerprint density at radius 3 is 3.05 bits per heavy atom. The predicted molar refractivity (Wildman–Crippen MR) is 80.3 cm³/mol. The van der Waals surface area contributed by atoms with Crippen LogP contribution in [0.15, 0.2) is 35.0 Å². The number of aromatic amines is 1. The summed E-state index contributed by atoms with van der Waals surface area (Å²) in [5, 5.41) is 8.07. The van der Waals surface area contributed by atoms with Crippen molar-refractivity contribution in [3.63, 3.8) is 0 Å². The molecule has 2 heterocycles. The van der Waals surface area contributed by atoms with Crippen LogP contribution in [-0.2, 0) is 6.42 Å². The number of benzene rings is 1. The van der Waals surface area contributed by atoms with Gasteiger partial charge < -0.3 is 20.6 Å². The Kier molecular flexibility index (Phi) is 3.53. The molecule has 0 bridgehead atoms. The number of rotatable bonds is 4. The smallest absolute Gasteiger partial charge is 0.273 e. The van der Waals surface area contributed by atoms with Crippen LogP contribution in [0.2, 0.25) is 5.02 Å². The number of nitrogens with zero attached hydrogens (tertiary/aromatic N) is 1. The van der Waals surface area contributed by atoms with Crippen molar-refractivity contribution in [3.05, 3.63) is 46.7 Å². The standard InChI is InChI=1S/C14H13ClN4O2/c15-9-1-2-11-10(5-9)8(7-18-11)3-4-17-14(20)12-6-13(16)21-19-12/h1-2,5-7,18H,3-4,16H2,(H,17,20). The second-order valence-electron chi connectivity index (χ2n) is 4.62. The van der Waals surface area contributed by atoms with E-state index in [1.54, 1.807) is 0 Å². The van der Waals surface area contributed by atoms with Gasteiger partial charge in [0.05, 0.1) is 0 Å². The molecule has 1 aromatic carbocycles. The fraction of sp³-hybridized carbons (Fsp3) is 0.143. The van der Waals surface area contributed by atoms with E-state index in [0.29, 0.717) is 18.0 Å². The summed E-state index contributed by atoms with van der Waals surface area (Å²) in [4.78, 5) is 15.0. The summed E-state index contributed by atoms with van der Waals surface area (Å²) in [6.07, 6.45) is 2.60. The predicted octanol–water partition coefficient (Wildman–Crippen LogP) is 2.36. The van der Waals surface area contributed by atoms with E-state index in [-0.39, 0.29) is 17.5 Å². The monoisotopic (exact) mass is 304 g/mol. The Balaban J connectivity index is 1.64. The molecule has 0 aliphatic carbocycles. The van der Waals surface area contributed by atoms with Gasteiger partial charge in [-0.2, -0.15) is 0 Å². The second-order valence-corrected chi connectivity index (χ2v) is 5.06. The van der Waals surface area contributed by atoms with Crippen molar-refractivity contribution in [1.82, 2.24) is 15.5 Å². The van der Waals surface area contributed by atoms with Gasteiger partial charge in [-0.25, -0.2) is 0 Å². The number of nitrogen functional groups attached to an aromatic ring is 1. The third-order valence-corrected chi connectivity index (χ3v) is 3.41. The Labute approximate surface area is 125 Å². The SMILES string of the molecule is Nc1cc(C(=O)NCCc2c[nH]c3ccc(Cl)cc23)no1. The molecule has 0 atom stereocenters. The van der Waals surface area contributed by atoms with Gasteiger partial charge in [-0.05, 0) is 30.2 Å². The zero-order chi connectivity index (χ0) is 14.8. The van der Waals surface area contributed by atoms with Crippen LogP contribution in [-0.4, -0.2) is 22.6 Å². The third-order valence-electron chi connectivity index (χ3n) is 3.17. The van der Waals surface area contributed by atoms with Crippen molar-refractivity contribution in [3.8, 4) is 0 Å². The van der Waals surface area contributed by atoms with E-state index >= 15 is 0 Å². The molecule has 3 aromatic rings. The molecule has 4 N–H and O–H groups in total. The highest BCUT2D eigenvalue weighted by molar-refractivity contribution is 6.31. The number of hydrogen-bond acceptors (Lipinski definition) is 4. The fourth-order valence-corrected chi connectivity index (χ4v) is 2.33. The van der Waals surface area contributed by atoms with Crippen molar-refractivity contribution in [2.24, 2.45) is 0 Å². The van der Waals surface area contributed by atoms with Crippen LogP contribution in [0.3, 0.4) is 0 Å². The van der Waals surface area contributed by atoms with Crippen LogP contribution in [0.4, 0.5) is 5.88 Å². The second kappa shape index (κ2) is 5.49. The fourth-order valence-electron chi connectivity index (χ4n) is 2.16. The van der Waals surface area contributed by atoms with Gasteiger partial charge in [0.15, 0.2) is 5.69 Å². The van der Waals surface area contributed by atoms with E-state index in [1.807, 2.05) is 24.4 Å². The first kappa shape index (κ1) is 13.5. The highest BCUT2D eigenvalue weighted by Crippen LogP contribution is 2.22. The number of halogens is 1. The minimum absolute atomic E-state index is 0.117. The minimum atomic E-state index is -0.312. The van der Waals surface area contributed by atoms with Crippen molar-refractivity contribution in [2.45, 2.75) is 6.42 Å². The number of nitrogens with two attached hydrogens (primary N) is 1. The van der Waals surface area contributed by atoms with Crippen LogP contribution in [0.1, 0.15) is 16.1 Å². The number of carbonyl (C=O) groups is 1. The topological polar surface area (TPSA) is 96.9 Å². The molecule has 0 aliphatic rings. The number of hydrogen-bond donors (Lipinski definition) is 3. The molecule has 0 saturated carbocycles. The molecular weight excluding hydrogens is 292 g/mol. The average Bonchev–Trinajstić information content (AvgIpc) is 3.05. The molecular formula is C14H13ClN4O2. The number of carbonyl (C=O) groups excluding carboxylic acids is 1. The lowest BCUT2D eigenvalue weighted by Gasteiger charge is -2.02. The summed E-state index contributed by atoms with van der Waals surface area (Å²) in [5.74, 6) is -0.195. The molecule has 3 rings (SSSR count). The Hall–Kier alpha value is -2.47. The van der Waals surface area contributed by atoms with Crippen LogP contribution in [0.5, 0.6) is 0 Å². The van der Waals surface area contributed by atoms with Crippen LogP contribution in [0, 0.1) is 0 Å². The highest BCUT2D eigenvalue weighted by atomic mass is 35.5. The summed E-state index contributed by atoms with van der Waals surface area (Å²) in [6.45, 7) is 0.477. The lowest BCUT2D eigenvalue weighted by atomic mass is 10.1. The van der Waals surface area contributed by atoms with Crippen LogP contribution in [0.25, 0.3) is 10.9 Å². The number of H-pyrrole nitrogens is 1. The van der Waals surface area contributed by atoms with Gasteiger partial charge in [0, 0.05) is 34.7 Å². The lowest BCUT2D eigenvalue weighted by Crippen LogP contribution is -2.25. The zero-order valence-corrected chi connectivity index (χ0v) is 11.8. The zero-order valence-electron chi connectivity index (χ0n) is 11.0. The molecule has 0 radical (unpaired) electrons. The largest absolute Gasteiger partial charge is 0.368 e. The quantitative estimate of drug-likeness (QED) is 0.689. The van der Waals surface area contributed by atoms with Crippen LogP contribution < -0.4 is 11.1 Å². The van der Waals surface area contributed by atoms with Crippen molar-refractivity contribution >= 4 is 34.3 Å². The summed E-state index contributed by atoms with van der Waals surface area (Å²) >= 11 is 6.00. The normalized spacial score (nSPS) is 10.9. The molecule has 0 spiro atoms. The lowest BCUT2D eigenvalue weighted by molar-refractivity contribution is 0.0945. The van der Waals surface area contributed by atoms with E-state index < -0.39 is 0 Å². The Morgan fingerprint density at radius 1 is 1.43 bits per heavy atom. The molecule has 0 fully saturated rings. The highest BCUT2D eigenvalue weighted by Gasteiger charge is 2.11. The molecule has 1 amide bonds. The van der Waals surface area contributed by atoms with Gasteiger partial charge >= 0.3 is 0 Å². The average molecular weight is 305 g/mol. The molecule has 0 aliphatic heterocycles. The van der Waals surface area contributed by atoms with Gasteiger partial charge in [0.2, 0.25) is 5.88 Å². The van der Waals surface area contributed by atoms with E-state index in [2.05, 4.69) is 20.0 Å². The van der Waals surface area contributed by atoms with Gasteiger partial charge in [-0.1, -0.05) is 16.8 Å². The third kappa shape index (κ3) is 2.85. The molecule has 2 aromatic heterocycles. The van der Waals surface area contributed by atoms with Crippen molar-refractivity contribution in [2.75, 3.05) is 12.3 Å². The summed E-state index contributed by atoms with van der Waals surface area (Å²) < 4.78 is 4.66. The number of aromatic nitrogens is 2. The van der Waals surface area contributed by atoms with E-state index in [4.69, 9.17) is 17.3 Å². The first-order chi connectivity index (χ1) is 10.1. The number of anilines is 1. The Morgan fingerprint density at radius 2 is 2.29 bits per heavy atom. The van der Waals surface area contributed by atoms with Crippen LogP contribution >= 0.6 is 11.6 Å². The molecule has 21 heavy (non-hydrogen) atoms. The van der Waals surface area contributed by atoms with Crippen molar-refractivity contribution < 1.29 is 9.32 Å². The van der Waals surface area contributed by atoms with E-state index in [9.17, 15) is 4.79 Å². The first-order valence-electron chi connectivity index (χ1n) is 6.39. The minimum Gasteiger partial charge on any atom is -0.368 e. The molecule has 0 saturated heterocycles. The van der Waals surface area contributed by atoms with Gasteiger partial charge in [0.1, 0.15) is 0 Å². The number of fused-ring (bicyclic) bond motifs is 1. The summed E-state index contributed by atoms with van der Waals surface area (Å²) in [5.41, 5.74) is 7.66. The van der Waals surface area contributed by atoms with Gasteiger partial charge in [0.25, 0.3) is 5.91 Å². The molecule has 108 valence electrons. The number of nitrogens with one attached hydrogen (secondary N) is 2. The maximum Gasteiger partial charge on any atom is 0.273 e.